The molecule has 2 aromatic heterocycles. The van der Waals surface area contributed by atoms with E-state index in [9.17, 15) is 9.90 Å². The van der Waals surface area contributed by atoms with Crippen molar-refractivity contribution < 1.29 is 9.90 Å². The summed E-state index contributed by atoms with van der Waals surface area (Å²) in [7, 11) is 0. The molecule has 1 aliphatic rings. The van der Waals surface area contributed by atoms with E-state index in [0.29, 0.717) is 46.2 Å². The van der Waals surface area contributed by atoms with Crippen molar-refractivity contribution in [2.75, 3.05) is 24.5 Å². The Morgan fingerprint density at radius 1 is 1.34 bits per heavy atom. The molecule has 0 spiro atoms. The van der Waals surface area contributed by atoms with E-state index in [-0.39, 0.29) is 5.75 Å². The summed E-state index contributed by atoms with van der Waals surface area (Å²) in [6, 6.07) is 5.61. The number of nitrogens with one attached hydrogen (secondary N) is 1. The fraction of sp³-hybridized carbons (Fsp3) is 0.350. The molecule has 2 N–H and O–H groups in total. The number of phenols is 1. The van der Waals surface area contributed by atoms with Crippen molar-refractivity contribution in [3.8, 4) is 27.6 Å². The van der Waals surface area contributed by atoms with E-state index in [1.54, 1.807) is 23.7 Å². The van der Waals surface area contributed by atoms with Crippen molar-refractivity contribution in [3.05, 3.63) is 35.5 Å². The molecule has 4 rings (SSSR count). The first-order valence-electron chi connectivity index (χ1n) is 9.47. The van der Waals surface area contributed by atoms with Crippen molar-refractivity contribution in [1.82, 2.24) is 25.5 Å². The van der Waals surface area contributed by atoms with Gasteiger partial charge in [-0.2, -0.15) is 0 Å². The maximum absolute atomic E-state index is 10.8. The van der Waals surface area contributed by atoms with Gasteiger partial charge in [0, 0.05) is 42.2 Å². The lowest BCUT2D eigenvalue weighted by molar-refractivity contribution is 0.111. The number of thiazole rings is 1. The Morgan fingerprint density at radius 3 is 2.86 bits per heavy atom. The second-order valence-corrected chi connectivity index (χ2v) is 8.18. The van der Waals surface area contributed by atoms with Gasteiger partial charge in [-0.15, -0.1) is 21.5 Å². The van der Waals surface area contributed by atoms with Crippen molar-refractivity contribution in [2.45, 2.75) is 19.9 Å². The number of hydrogen-bond donors (Lipinski definition) is 2. The molecule has 0 radical (unpaired) electrons. The lowest BCUT2D eigenvalue weighted by atomic mass is 10.0. The predicted octanol–water partition coefficient (Wildman–Crippen LogP) is 2.61. The van der Waals surface area contributed by atoms with E-state index in [1.165, 1.54) is 11.3 Å². The fourth-order valence-electron chi connectivity index (χ4n) is 3.30. The summed E-state index contributed by atoms with van der Waals surface area (Å²) >= 11 is 1.35. The molecule has 8 nitrogen and oxygen atoms in total. The zero-order chi connectivity index (χ0) is 20.4. The summed E-state index contributed by atoms with van der Waals surface area (Å²) in [5, 5.41) is 24.9. The summed E-state index contributed by atoms with van der Waals surface area (Å²) in [6.45, 7) is 6.96. The van der Waals surface area contributed by atoms with Crippen LogP contribution in [-0.4, -0.2) is 57.2 Å². The van der Waals surface area contributed by atoms with E-state index >= 15 is 0 Å². The highest BCUT2D eigenvalue weighted by Crippen LogP contribution is 2.33. The van der Waals surface area contributed by atoms with E-state index in [2.05, 4.69) is 44.2 Å². The highest BCUT2D eigenvalue weighted by atomic mass is 32.1. The van der Waals surface area contributed by atoms with Crippen LogP contribution in [-0.2, 0) is 0 Å². The topological polar surface area (TPSA) is 104 Å². The van der Waals surface area contributed by atoms with Gasteiger partial charge in [-0.1, -0.05) is 19.9 Å². The van der Waals surface area contributed by atoms with Gasteiger partial charge >= 0.3 is 0 Å². The third-order valence-electron chi connectivity index (χ3n) is 5.01. The Kier molecular flexibility index (Phi) is 5.50. The second kappa shape index (κ2) is 8.22. The summed E-state index contributed by atoms with van der Waals surface area (Å²) in [4.78, 5) is 21.6. The van der Waals surface area contributed by atoms with Gasteiger partial charge in [-0.05, 0) is 18.1 Å². The molecule has 1 fully saturated rings. The molecule has 29 heavy (non-hydrogen) atoms. The number of aldehydes is 1. The van der Waals surface area contributed by atoms with Gasteiger partial charge in [0.05, 0.1) is 6.20 Å². The largest absolute Gasteiger partial charge is 0.507 e. The molecule has 0 unspecified atom stereocenters. The van der Waals surface area contributed by atoms with Gasteiger partial charge in [-0.3, -0.25) is 4.79 Å². The van der Waals surface area contributed by atoms with Crippen LogP contribution in [0, 0.1) is 5.92 Å². The minimum Gasteiger partial charge on any atom is -0.507 e. The number of anilines is 1. The van der Waals surface area contributed by atoms with Crippen molar-refractivity contribution >= 4 is 23.6 Å². The van der Waals surface area contributed by atoms with Crippen LogP contribution in [0.1, 0.15) is 24.3 Å². The number of phenolic OH excluding ortho intramolecular Hbond substituents is 1. The molecular formula is C20H22N6O2S. The first kappa shape index (κ1) is 19.4. The van der Waals surface area contributed by atoms with Gasteiger partial charge < -0.3 is 15.3 Å². The lowest BCUT2D eigenvalue weighted by Gasteiger charge is -2.35. The van der Waals surface area contributed by atoms with E-state index in [4.69, 9.17) is 0 Å². The zero-order valence-electron chi connectivity index (χ0n) is 16.2. The van der Waals surface area contributed by atoms with Gasteiger partial charge in [0.2, 0.25) is 5.95 Å². The second-order valence-electron chi connectivity index (χ2n) is 7.32. The van der Waals surface area contributed by atoms with Crippen molar-refractivity contribution in [2.24, 2.45) is 5.92 Å². The lowest BCUT2D eigenvalue weighted by Crippen LogP contribution is -2.53. The molecule has 150 valence electrons. The predicted molar refractivity (Wildman–Crippen MR) is 112 cm³/mol. The molecule has 0 aliphatic carbocycles. The first-order chi connectivity index (χ1) is 14.0. The molecular weight excluding hydrogens is 388 g/mol. The van der Waals surface area contributed by atoms with Crippen LogP contribution < -0.4 is 10.2 Å². The van der Waals surface area contributed by atoms with E-state index < -0.39 is 0 Å². The van der Waals surface area contributed by atoms with Gasteiger partial charge in [-0.25, -0.2) is 9.97 Å². The van der Waals surface area contributed by atoms with Gasteiger partial charge in [0.25, 0.3) is 0 Å². The number of rotatable bonds is 5. The summed E-state index contributed by atoms with van der Waals surface area (Å²) in [5.74, 6) is 1.19. The number of carbonyl (C=O) groups excluding carboxylic acids is 1. The average Bonchev–Trinajstić information content (AvgIpc) is 3.23. The van der Waals surface area contributed by atoms with Crippen LogP contribution in [0.25, 0.3) is 21.8 Å². The highest BCUT2D eigenvalue weighted by molar-refractivity contribution is 7.13. The maximum Gasteiger partial charge on any atom is 0.245 e. The van der Waals surface area contributed by atoms with E-state index in [0.717, 1.165) is 25.2 Å². The van der Waals surface area contributed by atoms with Gasteiger partial charge in [0.15, 0.2) is 6.29 Å². The summed E-state index contributed by atoms with van der Waals surface area (Å²) in [5.41, 5.74) is 2.17. The normalized spacial score (nSPS) is 16.9. The highest BCUT2D eigenvalue weighted by Gasteiger charge is 2.23. The standard InChI is InChI=1S/C20H22N6O2S/c1-12(2)17-9-26(6-5-21-17)20-22-8-16(24-25-20)15-4-3-13(7-18(15)28)19-23-14(10-27)11-29-19/h3-4,7-8,10-12,17,21,28H,5-6,9H2,1-2H3/t17-/m1/s1. The summed E-state index contributed by atoms with van der Waals surface area (Å²) < 4.78 is 0. The van der Waals surface area contributed by atoms with Crippen LogP contribution >= 0.6 is 11.3 Å². The number of piperazine rings is 1. The summed E-state index contributed by atoms with van der Waals surface area (Å²) in [6.07, 6.45) is 2.34. The molecule has 1 aromatic carbocycles. The molecule has 0 saturated carbocycles. The number of carbonyl (C=O) groups is 1. The van der Waals surface area contributed by atoms with Gasteiger partial charge in [0.1, 0.15) is 22.1 Å². The average molecular weight is 411 g/mol. The smallest absolute Gasteiger partial charge is 0.245 e. The minimum absolute atomic E-state index is 0.0660. The maximum atomic E-state index is 10.8. The fourth-order valence-corrected chi connectivity index (χ4v) is 4.06. The van der Waals surface area contributed by atoms with Crippen LogP contribution in [0.15, 0.2) is 29.8 Å². The molecule has 3 heterocycles. The Labute approximate surface area is 172 Å². The van der Waals surface area contributed by atoms with Crippen LogP contribution in [0.2, 0.25) is 0 Å². The molecule has 1 atom stereocenters. The number of aromatic hydroxyl groups is 1. The molecule has 0 bridgehead atoms. The molecule has 1 saturated heterocycles. The van der Waals surface area contributed by atoms with Crippen molar-refractivity contribution in [3.63, 3.8) is 0 Å². The quantitative estimate of drug-likeness (QED) is 0.619. The Balaban J connectivity index is 1.53. The van der Waals surface area contributed by atoms with Crippen LogP contribution in [0.3, 0.4) is 0 Å². The first-order valence-corrected chi connectivity index (χ1v) is 10.4. The molecule has 9 heteroatoms. The number of benzene rings is 1. The number of hydrogen-bond acceptors (Lipinski definition) is 9. The Morgan fingerprint density at radius 2 is 2.21 bits per heavy atom. The molecule has 1 aliphatic heterocycles. The SMILES string of the molecule is CC(C)[C@H]1CN(c2ncc(-c3ccc(-c4nc(C=O)cs4)cc3O)nn2)CCN1. The molecule has 3 aromatic rings. The molecule has 0 amide bonds. The van der Waals surface area contributed by atoms with Crippen molar-refractivity contribution in [1.29, 1.82) is 0 Å². The Hall–Kier alpha value is -2.91. The third kappa shape index (κ3) is 4.10. The van der Waals surface area contributed by atoms with Crippen LogP contribution in [0.5, 0.6) is 5.75 Å². The Bertz CT molecular complexity index is 1000. The number of nitrogens with zero attached hydrogens (tertiary/aromatic N) is 5. The number of aromatic nitrogens is 4. The third-order valence-corrected chi connectivity index (χ3v) is 5.92. The minimum atomic E-state index is 0.0660. The monoisotopic (exact) mass is 410 g/mol. The van der Waals surface area contributed by atoms with E-state index in [1.807, 2.05) is 6.07 Å². The van der Waals surface area contributed by atoms with Crippen LogP contribution in [0.4, 0.5) is 5.95 Å². The zero-order valence-corrected chi connectivity index (χ0v) is 17.1.